The number of aromatic nitrogens is 1. The number of nitrogens with one attached hydrogen (secondary N) is 3. The van der Waals surface area contributed by atoms with Crippen LogP contribution in [-0.4, -0.2) is 28.5 Å². The van der Waals surface area contributed by atoms with E-state index >= 15 is 0 Å². The summed E-state index contributed by atoms with van der Waals surface area (Å²) in [4.78, 5) is 17.4. The molecule has 0 radical (unpaired) electrons. The number of carbonyl (C=O) groups excluding carboxylic acids is 1. The van der Waals surface area contributed by atoms with Crippen LogP contribution in [0.4, 0.5) is 24.7 Å². The van der Waals surface area contributed by atoms with Gasteiger partial charge in [-0.1, -0.05) is 44.3 Å². The van der Waals surface area contributed by atoms with Gasteiger partial charge in [0.1, 0.15) is 10.8 Å². The van der Waals surface area contributed by atoms with Gasteiger partial charge in [-0.25, -0.2) is 4.98 Å². The normalized spacial score (nSPS) is 15.8. The molecule has 1 aliphatic rings. The van der Waals surface area contributed by atoms with E-state index in [9.17, 15) is 18.0 Å². The van der Waals surface area contributed by atoms with Gasteiger partial charge in [0.2, 0.25) is 0 Å². The summed E-state index contributed by atoms with van der Waals surface area (Å²) in [6.45, 7) is 4.20. The Morgan fingerprint density at radius 1 is 1.12 bits per heavy atom. The highest BCUT2D eigenvalue weighted by atomic mass is 32.1. The molecule has 176 valence electrons. The fourth-order valence-electron chi connectivity index (χ4n) is 3.67. The maximum Gasteiger partial charge on any atom is 0.390 e. The quantitative estimate of drug-likeness (QED) is 0.430. The van der Waals surface area contributed by atoms with E-state index in [4.69, 9.17) is 12.2 Å². The van der Waals surface area contributed by atoms with Gasteiger partial charge in [-0.2, -0.15) is 13.2 Å². The Morgan fingerprint density at radius 2 is 1.85 bits per heavy atom. The lowest BCUT2D eigenvalue weighted by atomic mass is 9.75. The number of thiocarbonyl (C=S) groups is 1. The molecule has 33 heavy (non-hydrogen) atoms. The third-order valence-corrected chi connectivity index (χ3v) is 5.48. The minimum absolute atomic E-state index is 0.0218. The van der Waals surface area contributed by atoms with E-state index in [-0.39, 0.29) is 17.7 Å². The summed E-state index contributed by atoms with van der Waals surface area (Å²) in [5.74, 6) is 0.348. The smallest absolute Gasteiger partial charge is 0.384 e. The zero-order valence-electron chi connectivity index (χ0n) is 18.6. The zero-order valence-corrected chi connectivity index (χ0v) is 19.4. The second-order valence-corrected chi connectivity index (χ2v) is 9.22. The zero-order chi connectivity index (χ0) is 24.1. The van der Waals surface area contributed by atoms with Gasteiger partial charge >= 0.3 is 6.18 Å². The van der Waals surface area contributed by atoms with Crippen molar-refractivity contribution in [3.05, 3.63) is 65.5 Å². The molecule has 1 aliphatic carbocycles. The van der Waals surface area contributed by atoms with E-state index in [2.05, 4.69) is 20.9 Å². The molecule has 5 nitrogen and oxygen atoms in total. The second-order valence-electron chi connectivity index (χ2n) is 8.81. The first-order valence-electron chi connectivity index (χ1n) is 10.6. The molecule has 3 N–H and O–H groups in total. The van der Waals surface area contributed by atoms with Crippen LogP contribution in [-0.2, 0) is 11.3 Å². The Hall–Kier alpha value is -2.94. The van der Waals surface area contributed by atoms with Crippen LogP contribution in [0.2, 0.25) is 0 Å². The molecular formula is C24H27F3N4OS. The molecule has 0 bridgehead atoms. The number of pyridine rings is 1. The Labute approximate surface area is 196 Å². The van der Waals surface area contributed by atoms with E-state index in [1.165, 1.54) is 0 Å². The van der Waals surface area contributed by atoms with E-state index in [0.29, 0.717) is 35.8 Å². The van der Waals surface area contributed by atoms with Gasteiger partial charge in [0.15, 0.2) is 5.78 Å². The van der Waals surface area contributed by atoms with Crippen LogP contribution in [0.5, 0.6) is 0 Å². The largest absolute Gasteiger partial charge is 0.390 e. The maximum atomic E-state index is 13.0. The van der Waals surface area contributed by atoms with Gasteiger partial charge in [-0.15, -0.1) is 0 Å². The number of rotatable bonds is 8. The molecule has 0 aliphatic heterocycles. The van der Waals surface area contributed by atoms with Crippen molar-refractivity contribution in [2.45, 2.75) is 45.8 Å². The number of carbonyl (C=O) groups is 1. The Balaban J connectivity index is 1.74. The summed E-state index contributed by atoms with van der Waals surface area (Å²) in [6, 6.07) is 12.9. The van der Waals surface area contributed by atoms with Gasteiger partial charge < -0.3 is 16.0 Å². The second kappa shape index (κ2) is 10.3. The molecule has 0 amide bonds. The number of nitrogens with zero attached hydrogens (tertiary/aromatic N) is 1. The highest BCUT2D eigenvalue weighted by Gasteiger charge is 2.34. The van der Waals surface area contributed by atoms with E-state index in [0.717, 1.165) is 16.9 Å². The number of hydrogen-bond acceptors (Lipinski definition) is 5. The molecule has 1 heterocycles. The topological polar surface area (TPSA) is 66.0 Å². The molecule has 0 atom stereocenters. The number of halogens is 3. The maximum absolute atomic E-state index is 13.0. The number of anilines is 2. The number of para-hydroxylation sites is 1. The number of Topliss-reactive ketones (excluding diaryl/α,β-unsaturated/α-hetero) is 1. The van der Waals surface area contributed by atoms with Crippen LogP contribution in [0.15, 0.2) is 59.9 Å². The molecule has 0 fully saturated rings. The minimum atomic E-state index is -4.22. The lowest BCUT2D eigenvalue weighted by molar-refractivity contribution is -0.131. The average Bonchev–Trinajstić information content (AvgIpc) is 2.71. The molecule has 2 aromatic rings. The van der Waals surface area contributed by atoms with Crippen molar-refractivity contribution in [2.75, 3.05) is 17.2 Å². The van der Waals surface area contributed by atoms with Crippen molar-refractivity contribution >= 4 is 34.5 Å². The SMILES string of the molecule is CC1(C)CC(=O)C(C(=S)Nc2ccccc2)=C(NCc2ccnc(NCCC(F)(F)F)c2)C1. The Kier molecular flexibility index (Phi) is 7.73. The van der Waals surface area contributed by atoms with Crippen molar-refractivity contribution in [1.82, 2.24) is 10.3 Å². The number of alkyl halides is 3. The fourth-order valence-corrected chi connectivity index (χ4v) is 4.03. The molecule has 1 aromatic carbocycles. The van der Waals surface area contributed by atoms with Gasteiger partial charge in [-0.05, 0) is 41.7 Å². The highest BCUT2D eigenvalue weighted by Crippen LogP contribution is 2.36. The first kappa shape index (κ1) is 24.7. The molecule has 0 unspecified atom stereocenters. The van der Waals surface area contributed by atoms with Crippen LogP contribution in [0.25, 0.3) is 0 Å². The first-order chi connectivity index (χ1) is 15.5. The summed E-state index contributed by atoms with van der Waals surface area (Å²) in [7, 11) is 0. The minimum Gasteiger partial charge on any atom is -0.384 e. The van der Waals surface area contributed by atoms with Crippen LogP contribution >= 0.6 is 12.2 Å². The molecule has 0 saturated heterocycles. The molecule has 0 saturated carbocycles. The van der Waals surface area contributed by atoms with Crippen molar-refractivity contribution in [1.29, 1.82) is 0 Å². The number of allylic oxidation sites excluding steroid dienone is 1. The summed E-state index contributed by atoms with van der Waals surface area (Å²) in [5, 5.41) is 9.19. The van der Waals surface area contributed by atoms with Gasteiger partial charge in [-0.3, -0.25) is 4.79 Å². The molecule has 9 heteroatoms. The predicted octanol–water partition coefficient (Wildman–Crippen LogP) is 5.62. The van der Waals surface area contributed by atoms with Crippen molar-refractivity contribution in [3.8, 4) is 0 Å². The van der Waals surface area contributed by atoms with Gasteiger partial charge in [0.05, 0.1) is 12.0 Å². The van der Waals surface area contributed by atoms with Crippen LogP contribution in [0, 0.1) is 5.41 Å². The average molecular weight is 477 g/mol. The van der Waals surface area contributed by atoms with Crippen LogP contribution in [0.1, 0.15) is 38.7 Å². The Bertz CT molecular complexity index is 1040. The van der Waals surface area contributed by atoms with Gasteiger partial charge in [0, 0.05) is 37.1 Å². The molecule has 3 rings (SSSR count). The number of hydrogen-bond donors (Lipinski definition) is 3. The highest BCUT2D eigenvalue weighted by molar-refractivity contribution is 7.81. The molecular weight excluding hydrogens is 449 g/mol. The lowest BCUT2D eigenvalue weighted by Crippen LogP contribution is -2.35. The number of benzene rings is 1. The van der Waals surface area contributed by atoms with Crippen molar-refractivity contribution in [3.63, 3.8) is 0 Å². The summed E-state index contributed by atoms with van der Waals surface area (Å²) in [6.07, 6.45) is -2.57. The summed E-state index contributed by atoms with van der Waals surface area (Å²) >= 11 is 5.57. The third kappa shape index (κ3) is 7.56. The molecule has 1 aromatic heterocycles. The first-order valence-corrected chi connectivity index (χ1v) is 11.1. The monoisotopic (exact) mass is 476 g/mol. The standard InChI is InChI=1S/C24H27F3N4OS/c1-23(2)13-18(21(19(32)14-23)22(33)31-17-6-4-3-5-7-17)30-15-16-8-10-28-20(12-16)29-11-9-24(25,26)27/h3-8,10,12,30H,9,11,13-15H2,1-2H3,(H,28,29)(H,31,33). The number of ketones is 1. The fraction of sp³-hybridized carbons (Fsp3) is 0.375. The lowest BCUT2D eigenvalue weighted by Gasteiger charge is -2.33. The van der Waals surface area contributed by atoms with Gasteiger partial charge in [0.25, 0.3) is 0 Å². The van der Waals surface area contributed by atoms with E-state index in [1.54, 1.807) is 18.3 Å². The third-order valence-electron chi connectivity index (χ3n) is 5.18. The van der Waals surface area contributed by atoms with Crippen LogP contribution in [0.3, 0.4) is 0 Å². The van der Waals surface area contributed by atoms with E-state index in [1.807, 2.05) is 44.2 Å². The van der Waals surface area contributed by atoms with Crippen molar-refractivity contribution < 1.29 is 18.0 Å². The molecule has 0 spiro atoms. The predicted molar refractivity (Wildman–Crippen MR) is 128 cm³/mol. The van der Waals surface area contributed by atoms with Crippen LogP contribution < -0.4 is 16.0 Å². The van der Waals surface area contributed by atoms with E-state index < -0.39 is 12.6 Å². The summed E-state index contributed by atoms with van der Waals surface area (Å²) < 4.78 is 37.1. The Morgan fingerprint density at radius 3 is 2.55 bits per heavy atom. The summed E-state index contributed by atoms with van der Waals surface area (Å²) in [5.41, 5.74) is 2.65. The van der Waals surface area contributed by atoms with Crippen molar-refractivity contribution in [2.24, 2.45) is 5.41 Å².